The first-order chi connectivity index (χ1) is 11.3. The van der Waals surface area contributed by atoms with Gasteiger partial charge in [-0.15, -0.1) is 0 Å². The monoisotopic (exact) mass is 326 g/mol. The quantitative estimate of drug-likeness (QED) is 0.902. The molecule has 4 heteroatoms. The number of amides is 1. The van der Waals surface area contributed by atoms with Gasteiger partial charge in [0.2, 0.25) is 5.91 Å². The van der Waals surface area contributed by atoms with Crippen LogP contribution in [-0.4, -0.2) is 22.1 Å². The smallest absolute Gasteiger partial charge is 0.221 e. The second-order valence-corrected chi connectivity index (χ2v) is 8.13. The maximum Gasteiger partial charge on any atom is 0.221 e. The van der Waals surface area contributed by atoms with Crippen molar-refractivity contribution in [1.82, 2.24) is 10.3 Å². The van der Waals surface area contributed by atoms with E-state index >= 15 is 0 Å². The molecule has 0 radical (unpaired) electrons. The van der Waals surface area contributed by atoms with E-state index in [0.717, 1.165) is 29.3 Å². The zero-order chi connectivity index (χ0) is 17.3. The largest absolute Gasteiger partial charge is 0.393 e. The number of fused-ring (bicyclic) bond motifs is 1. The number of rotatable bonds is 4. The third kappa shape index (κ3) is 3.93. The highest BCUT2D eigenvalue weighted by Crippen LogP contribution is 2.38. The first-order valence-electron chi connectivity index (χ1n) is 8.64. The number of aliphatic hydroxyl groups is 1. The maximum absolute atomic E-state index is 12.4. The van der Waals surface area contributed by atoms with Crippen molar-refractivity contribution in [1.29, 1.82) is 0 Å². The van der Waals surface area contributed by atoms with Gasteiger partial charge in [0, 0.05) is 18.0 Å². The van der Waals surface area contributed by atoms with Crippen LogP contribution in [0.4, 0.5) is 0 Å². The highest BCUT2D eigenvalue weighted by molar-refractivity contribution is 5.80. The Hall–Kier alpha value is -1.94. The molecular formula is C20H26N2O2. The Balaban J connectivity index is 1.84. The van der Waals surface area contributed by atoms with Crippen molar-refractivity contribution >= 4 is 16.8 Å². The Kier molecular flexibility index (Phi) is 4.59. The summed E-state index contributed by atoms with van der Waals surface area (Å²) in [6.07, 6.45) is 3.56. The number of carbonyl (C=O) groups is 1. The van der Waals surface area contributed by atoms with Gasteiger partial charge in [0.15, 0.2) is 0 Å². The fourth-order valence-electron chi connectivity index (χ4n) is 3.34. The molecule has 2 N–H and O–H groups in total. The van der Waals surface area contributed by atoms with E-state index in [0.29, 0.717) is 6.42 Å². The first-order valence-corrected chi connectivity index (χ1v) is 8.64. The molecule has 1 amide bonds. The fourth-order valence-corrected chi connectivity index (χ4v) is 3.34. The number of aromatic nitrogens is 1. The minimum absolute atomic E-state index is 0.0462. The Morgan fingerprint density at radius 2 is 2.04 bits per heavy atom. The molecule has 1 fully saturated rings. The molecule has 24 heavy (non-hydrogen) atoms. The molecule has 1 saturated carbocycles. The normalized spacial score (nSPS) is 22.0. The van der Waals surface area contributed by atoms with Crippen LogP contribution in [0.25, 0.3) is 10.9 Å². The number of pyridine rings is 1. The molecule has 1 aromatic carbocycles. The zero-order valence-corrected chi connectivity index (χ0v) is 14.6. The van der Waals surface area contributed by atoms with E-state index in [2.05, 4.69) is 37.1 Å². The predicted octanol–water partition coefficient (Wildman–Crippen LogP) is 3.60. The minimum Gasteiger partial charge on any atom is -0.393 e. The van der Waals surface area contributed by atoms with E-state index in [1.807, 2.05) is 30.5 Å². The van der Waals surface area contributed by atoms with Gasteiger partial charge in [-0.2, -0.15) is 0 Å². The molecule has 1 aromatic heterocycles. The topological polar surface area (TPSA) is 62.2 Å². The van der Waals surface area contributed by atoms with Gasteiger partial charge in [-0.1, -0.05) is 39.0 Å². The van der Waals surface area contributed by atoms with Gasteiger partial charge in [0.25, 0.3) is 0 Å². The molecule has 1 unspecified atom stereocenters. The average molecular weight is 326 g/mol. The van der Waals surface area contributed by atoms with Gasteiger partial charge >= 0.3 is 0 Å². The van der Waals surface area contributed by atoms with E-state index in [4.69, 9.17) is 0 Å². The lowest BCUT2D eigenvalue weighted by molar-refractivity contribution is -0.124. The number of hydrogen-bond donors (Lipinski definition) is 2. The predicted molar refractivity (Wildman–Crippen MR) is 95.4 cm³/mol. The van der Waals surface area contributed by atoms with Crippen molar-refractivity contribution in [2.75, 3.05) is 0 Å². The summed E-state index contributed by atoms with van der Waals surface area (Å²) < 4.78 is 0. The van der Waals surface area contributed by atoms with Gasteiger partial charge < -0.3 is 10.4 Å². The number of nitrogens with zero attached hydrogens (tertiary/aromatic N) is 1. The number of aliphatic hydroxyl groups excluding tert-OH is 1. The fraction of sp³-hybridized carbons (Fsp3) is 0.500. The molecule has 0 aliphatic heterocycles. The molecule has 0 saturated heterocycles. The molecule has 0 bridgehead atoms. The lowest BCUT2D eigenvalue weighted by Crippen LogP contribution is -2.42. The van der Waals surface area contributed by atoms with Crippen LogP contribution in [0, 0.1) is 11.3 Å². The third-order valence-electron chi connectivity index (χ3n) is 4.60. The van der Waals surface area contributed by atoms with Crippen molar-refractivity contribution < 1.29 is 9.90 Å². The summed E-state index contributed by atoms with van der Waals surface area (Å²) >= 11 is 0. The Labute approximate surface area is 143 Å². The molecule has 1 atom stereocenters. The first kappa shape index (κ1) is 16.9. The van der Waals surface area contributed by atoms with Crippen LogP contribution in [0.2, 0.25) is 0 Å². The molecular weight excluding hydrogens is 300 g/mol. The maximum atomic E-state index is 12.4. The highest BCUT2D eigenvalue weighted by Gasteiger charge is 2.36. The lowest BCUT2D eigenvalue weighted by Gasteiger charge is -2.38. The Morgan fingerprint density at radius 3 is 2.71 bits per heavy atom. The van der Waals surface area contributed by atoms with Crippen molar-refractivity contribution in [3.05, 3.63) is 42.1 Å². The summed E-state index contributed by atoms with van der Waals surface area (Å²) in [5.41, 5.74) is 1.93. The third-order valence-corrected chi connectivity index (χ3v) is 4.60. The van der Waals surface area contributed by atoms with Gasteiger partial charge in [-0.05, 0) is 41.9 Å². The summed E-state index contributed by atoms with van der Waals surface area (Å²) in [7, 11) is 0. The molecule has 1 heterocycles. The van der Waals surface area contributed by atoms with Crippen LogP contribution < -0.4 is 5.32 Å². The van der Waals surface area contributed by atoms with Crippen molar-refractivity contribution in [3.8, 4) is 0 Å². The van der Waals surface area contributed by atoms with E-state index in [1.165, 1.54) is 0 Å². The van der Waals surface area contributed by atoms with Crippen molar-refractivity contribution in [3.63, 3.8) is 0 Å². The van der Waals surface area contributed by atoms with Crippen LogP contribution in [0.15, 0.2) is 36.5 Å². The number of para-hydroxylation sites is 1. The Bertz CT molecular complexity index is 730. The standard InChI is InChI=1S/C20H26N2O2/c1-20(2,3)11-18(24)22-19(14-9-16(23)10-14)15-8-13-6-4-5-7-17(13)21-12-15/h4-8,12,14,16,19,23H,9-11H2,1-3H3,(H,22,24). The number of nitrogens with one attached hydrogen (secondary N) is 1. The van der Waals surface area contributed by atoms with E-state index in [-0.39, 0.29) is 29.4 Å². The van der Waals surface area contributed by atoms with Gasteiger partial charge in [0.05, 0.1) is 17.7 Å². The zero-order valence-electron chi connectivity index (χ0n) is 14.6. The van der Waals surface area contributed by atoms with Crippen LogP contribution in [0.5, 0.6) is 0 Å². The molecule has 1 aliphatic carbocycles. The number of carbonyl (C=O) groups excluding carboxylic acids is 1. The van der Waals surface area contributed by atoms with E-state index < -0.39 is 0 Å². The molecule has 1 aliphatic rings. The molecule has 0 spiro atoms. The summed E-state index contributed by atoms with van der Waals surface area (Å²) in [6, 6.07) is 10.0. The summed E-state index contributed by atoms with van der Waals surface area (Å²) in [5, 5.41) is 13.9. The molecule has 3 rings (SSSR count). The summed E-state index contributed by atoms with van der Waals surface area (Å²) in [4.78, 5) is 17.0. The molecule has 2 aromatic rings. The van der Waals surface area contributed by atoms with E-state index in [1.54, 1.807) is 0 Å². The SMILES string of the molecule is CC(C)(C)CC(=O)NC(c1cnc2ccccc2c1)C1CC(O)C1. The molecule has 4 nitrogen and oxygen atoms in total. The van der Waals surface area contributed by atoms with Crippen LogP contribution in [0.3, 0.4) is 0 Å². The van der Waals surface area contributed by atoms with Crippen LogP contribution >= 0.6 is 0 Å². The average Bonchev–Trinajstić information content (AvgIpc) is 2.47. The van der Waals surface area contributed by atoms with Crippen LogP contribution in [-0.2, 0) is 4.79 Å². The van der Waals surface area contributed by atoms with Gasteiger partial charge in [-0.25, -0.2) is 0 Å². The van der Waals surface area contributed by atoms with Crippen molar-refractivity contribution in [2.24, 2.45) is 11.3 Å². The number of benzene rings is 1. The van der Waals surface area contributed by atoms with Crippen molar-refractivity contribution in [2.45, 2.75) is 52.2 Å². The lowest BCUT2D eigenvalue weighted by atomic mass is 9.75. The second kappa shape index (κ2) is 6.52. The Morgan fingerprint density at radius 1 is 1.33 bits per heavy atom. The van der Waals surface area contributed by atoms with Crippen LogP contribution in [0.1, 0.15) is 51.6 Å². The summed E-state index contributed by atoms with van der Waals surface area (Å²) in [5.74, 6) is 0.328. The summed E-state index contributed by atoms with van der Waals surface area (Å²) in [6.45, 7) is 6.19. The minimum atomic E-state index is -0.245. The molecule has 128 valence electrons. The van der Waals surface area contributed by atoms with Gasteiger partial charge in [0.1, 0.15) is 0 Å². The second-order valence-electron chi connectivity index (χ2n) is 8.13. The number of hydrogen-bond acceptors (Lipinski definition) is 3. The van der Waals surface area contributed by atoms with E-state index in [9.17, 15) is 9.90 Å². The van der Waals surface area contributed by atoms with Gasteiger partial charge in [-0.3, -0.25) is 9.78 Å². The highest BCUT2D eigenvalue weighted by atomic mass is 16.3.